The number of anilines is 1. The zero-order valence-corrected chi connectivity index (χ0v) is 20.0. The maximum absolute atomic E-state index is 14.1. The van der Waals surface area contributed by atoms with Crippen molar-refractivity contribution in [1.82, 2.24) is 20.1 Å². The van der Waals surface area contributed by atoms with E-state index in [1.807, 2.05) is 13.1 Å². The molecule has 2 bridgehead atoms. The topological polar surface area (TPSA) is 100 Å². The first kappa shape index (κ1) is 23.7. The number of hydrogen-bond donors (Lipinski definition) is 2. The highest BCUT2D eigenvalue weighted by molar-refractivity contribution is 6.02. The molecule has 2 N–H and O–H groups in total. The van der Waals surface area contributed by atoms with Gasteiger partial charge in [-0.05, 0) is 50.0 Å². The normalized spacial score (nSPS) is 27.6. The molecular weight excluding hydrogens is 456 g/mol. The number of pyridine rings is 1. The lowest BCUT2D eigenvalue weighted by Gasteiger charge is -2.50. The van der Waals surface area contributed by atoms with Gasteiger partial charge in [0.1, 0.15) is 5.82 Å². The van der Waals surface area contributed by atoms with Crippen molar-refractivity contribution in [3.63, 3.8) is 0 Å². The van der Waals surface area contributed by atoms with Gasteiger partial charge in [0.2, 0.25) is 5.92 Å². The maximum atomic E-state index is 14.1. The summed E-state index contributed by atoms with van der Waals surface area (Å²) in [6, 6.07) is -0.226. The van der Waals surface area contributed by atoms with Crippen molar-refractivity contribution in [2.24, 2.45) is 24.8 Å². The third-order valence-electron chi connectivity index (χ3n) is 8.07. The number of carboxylic acid groups (broad SMARTS) is 1. The Hall–Kier alpha value is -3.04. The maximum Gasteiger partial charge on any atom is 0.306 e. The smallest absolute Gasteiger partial charge is 0.306 e. The van der Waals surface area contributed by atoms with Gasteiger partial charge < -0.3 is 15.3 Å². The first-order valence-electron chi connectivity index (χ1n) is 12.3. The molecule has 2 aromatic heterocycles. The summed E-state index contributed by atoms with van der Waals surface area (Å²) in [7, 11) is 1.81. The minimum absolute atomic E-state index is 0.112. The van der Waals surface area contributed by atoms with Crippen LogP contribution in [0.4, 0.5) is 14.6 Å². The molecule has 4 aliphatic rings. The van der Waals surface area contributed by atoms with Gasteiger partial charge in [-0.2, -0.15) is 5.10 Å². The zero-order chi connectivity index (χ0) is 24.9. The fourth-order valence-corrected chi connectivity index (χ4v) is 5.97. The van der Waals surface area contributed by atoms with Gasteiger partial charge in [0.25, 0.3) is 5.91 Å². The molecule has 1 unspecified atom stereocenters. The fourth-order valence-electron chi connectivity index (χ4n) is 5.97. The molecule has 6 rings (SSSR count). The SMILES string of the molecule is Cc1c(-c2cnn(C)c2)cnc(N2CCCC(F)(F)CC2)c1C(=O)N[C@@H]1CC(C(=O)O)C2CC1C2. The molecule has 35 heavy (non-hydrogen) atoms. The van der Waals surface area contributed by atoms with Crippen molar-refractivity contribution < 1.29 is 23.5 Å². The van der Waals surface area contributed by atoms with Gasteiger partial charge in [-0.25, -0.2) is 13.8 Å². The van der Waals surface area contributed by atoms with Crippen LogP contribution in [-0.4, -0.2) is 56.8 Å². The summed E-state index contributed by atoms with van der Waals surface area (Å²) in [5, 5.41) is 16.9. The average Bonchev–Trinajstić information content (AvgIpc) is 3.11. The molecule has 2 aromatic rings. The Morgan fingerprint density at radius 2 is 1.91 bits per heavy atom. The van der Waals surface area contributed by atoms with Crippen LogP contribution >= 0.6 is 0 Å². The second kappa shape index (κ2) is 8.87. The number of nitrogens with zero attached hydrogens (tertiary/aromatic N) is 4. The molecule has 3 saturated carbocycles. The monoisotopic (exact) mass is 487 g/mol. The molecule has 1 amide bonds. The molecular formula is C25H31F2N5O3. The number of rotatable bonds is 5. The highest BCUT2D eigenvalue weighted by Crippen LogP contribution is 2.49. The molecule has 188 valence electrons. The summed E-state index contributed by atoms with van der Waals surface area (Å²) in [6.45, 7) is 2.35. The molecule has 3 aliphatic carbocycles. The lowest BCUT2D eigenvalue weighted by atomic mass is 9.57. The molecule has 3 heterocycles. The van der Waals surface area contributed by atoms with E-state index < -0.39 is 17.8 Å². The Morgan fingerprint density at radius 3 is 2.60 bits per heavy atom. The quantitative estimate of drug-likeness (QED) is 0.668. The molecule has 0 aromatic carbocycles. The summed E-state index contributed by atoms with van der Waals surface area (Å²) in [6.07, 6.45) is 7.09. The Kier molecular flexibility index (Phi) is 6.01. The van der Waals surface area contributed by atoms with E-state index in [-0.39, 0.29) is 43.2 Å². The first-order valence-corrected chi connectivity index (χ1v) is 12.3. The number of aromatic nitrogens is 3. The number of hydrogen-bond acceptors (Lipinski definition) is 5. The third-order valence-corrected chi connectivity index (χ3v) is 8.07. The summed E-state index contributed by atoms with van der Waals surface area (Å²) in [5.41, 5.74) is 2.63. The second-order valence-electron chi connectivity index (χ2n) is 10.3. The standard InChI is InChI=1S/C25H31F2N5O3/c1-14-19(17-11-29-31(2)13-17)12-28-22(32-6-3-4-25(26,27)5-7-32)21(14)23(33)30-20-10-18(24(34)35)15-8-16(20)9-15/h11-13,15-16,18,20H,3-10H2,1-2H3,(H,30,33)(H,34,35)/t15?,16?,18?,20-/m1/s1. The number of halogens is 2. The Bertz CT molecular complexity index is 1140. The van der Waals surface area contributed by atoms with Crippen LogP contribution in [0.15, 0.2) is 18.6 Å². The summed E-state index contributed by atoms with van der Waals surface area (Å²) >= 11 is 0. The van der Waals surface area contributed by atoms with Crippen LogP contribution in [0.1, 0.15) is 54.4 Å². The molecule has 10 heteroatoms. The molecule has 0 spiro atoms. The lowest BCUT2D eigenvalue weighted by molar-refractivity contribution is -0.150. The minimum atomic E-state index is -2.73. The van der Waals surface area contributed by atoms with E-state index in [9.17, 15) is 23.5 Å². The van der Waals surface area contributed by atoms with E-state index in [0.29, 0.717) is 36.3 Å². The van der Waals surface area contributed by atoms with Crippen LogP contribution in [-0.2, 0) is 11.8 Å². The highest BCUT2D eigenvalue weighted by Gasteiger charge is 2.49. The van der Waals surface area contributed by atoms with Crippen LogP contribution in [0.25, 0.3) is 11.1 Å². The van der Waals surface area contributed by atoms with Gasteiger partial charge in [-0.3, -0.25) is 14.3 Å². The summed E-state index contributed by atoms with van der Waals surface area (Å²) in [4.78, 5) is 31.8. The third kappa shape index (κ3) is 4.50. The van der Waals surface area contributed by atoms with Gasteiger partial charge in [-0.1, -0.05) is 0 Å². The van der Waals surface area contributed by atoms with Crippen LogP contribution < -0.4 is 10.2 Å². The predicted molar refractivity (Wildman–Crippen MR) is 125 cm³/mol. The summed E-state index contributed by atoms with van der Waals surface area (Å²) < 4.78 is 29.8. The number of amides is 1. The number of aliphatic carboxylic acids is 1. The average molecular weight is 488 g/mol. The first-order chi connectivity index (χ1) is 16.6. The van der Waals surface area contributed by atoms with Gasteiger partial charge in [0.05, 0.1) is 17.7 Å². The number of carbonyl (C=O) groups is 2. The Balaban J connectivity index is 1.49. The van der Waals surface area contributed by atoms with Gasteiger partial charge >= 0.3 is 5.97 Å². The lowest BCUT2D eigenvalue weighted by Crippen LogP contribution is -2.55. The number of carbonyl (C=O) groups excluding carboxylic acids is 1. The number of fused-ring (bicyclic) bond motifs is 2. The molecule has 0 radical (unpaired) electrons. The highest BCUT2D eigenvalue weighted by atomic mass is 19.3. The van der Waals surface area contributed by atoms with E-state index in [0.717, 1.165) is 24.0 Å². The minimum Gasteiger partial charge on any atom is -0.481 e. The second-order valence-corrected chi connectivity index (χ2v) is 10.3. The number of alkyl halides is 2. The Morgan fingerprint density at radius 1 is 1.14 bits per heavy atom. The van der Waals surface area contributed by atoms with Crippen molar-refractivity contribution in [3.05, 3.63) is 29.7 Å². The predicted octanol–water partition coefficient (Wildman–Crippen LogP) is 3.65. The van der Waals surface area contributed by atoms with Gasteiger partial charge in [-0.15, -0.1) is 0 Å². The van der Waals surface area contributed by atoms with Crippen LogP contribution in [0.2, 0.25) is 0 Å². The van der Waals surface area contributed by atoms with Crippen molar-refractivity contribution >= 4 is 17.7 Å². The van der Waals surface area contributed by atoms with Crippen molar-refractivity contribution in [1.29, 1.82) is 0 Å². The van der Waals surface area contributed by atoms with E-state index >= 15 is 0 Å². The van der Waals surface area contributed by atoms with E-state index in [2.05, 4.69) is 15.4 Å². The zero-order valence-electron chi connectivity index (χ0n) is 20.0. The summed E-state index contributed by atoms with van der Waals surface area (Å²) in [5.74, 6) is -3.44. The number of nitrogens with one attached hydrogen (secondary N) is 1. The molecule has 8 nitrogen and oxygen atoms in total. The number of aryl methyl sites for hydroxylation is 1. The molecule has 4 fully saturated rings. The largest absolute Gasteiger partial charge is 0.481 e. The van der Waals surface area contributed by atoms with Gasteiger partial charge in [0, 0.05) is 62.5 Å². The van der Waals surface area contributed by atoms with E-state index in [4.69, 9.17) is 0 Å². The molecule has 1 aliphatic heterocycles. The number of carboxylic acids is 1. The van der Waals surface area contributed by atoms with Crippen LogP contribution in [0.3, 0.4) is 0 Å². The van der Waals surface area contributed by atoms with E-state index in [1.54, 1.807) is 29.0 Å². The van der Waals surface area contributed by atoms with Gasteiger partial charge in [0.15, 0.2) is 0 Å². The molecule has 1 saturated heterocycles. The van der Waals surface area contributed by atoms with Crippen molar-refractivity contribution in [2.75, 3.05) is 18.0 Å². The van der Waals surface area contributed by atoms with Crippen LogP contribution in [0, 0.1) is 24.7 Å². The van der Waals surface area contributed by atoms with Crippen molar-refractivity contribution in [2.45, 2.75) is 57.4 Å². The fraction of sp³-hybridized carbons (Fsp3) is 0.600. The molecule has 2 atom stereocenters. The van der Waals surface area contributed by atoms with E-state index in [1.165, 1.54) is 0 Å². The van der Waals surface area contributed by atoms with Crippen LogP contribution in [0.5, 0.6) is 0 Å². The Labute approximate surface area is 202 Å². The van der Waals surface area contributed by atoms with Crippen molar-refractivity contribution in [3.8, 4) is 11.1 Å².